The molecule has 0 aromatic rings. The molecule has 0 heterocycles. The van der Waals surface area contributed by atoms with Crippen LogP contribution < -0.4 is 0 Å². The van der Waals surface area contributed by atoms with Crippen molar-refractivity contribution in [3.8, 4) is 0 Å². The molecule has 0 aliphatic heterocycles. The monoisotopic (exact) mass is 242 g/mol. The Balaban J connectivity index is 4.24. The summed E-state index contributed by atoms with van der Waals surface area (Å²) in [5, 5.41) is 9.52. The van der Waals surface area contributed by atoms with E-state index < -0.39 is 5.60 Å². The summed E-state index contributed by atoms with van der Waals surface area (Å²) in [4.78, 5) is 0. The molecule has 0 aliphatic rings. The van der Waals surface area contributed by atoms with Gasteiger partial charge in [-0.1, -0.05) is 23.8 Å². The third kappa shape index (κ3) is 10.2. The largest absolute Gasteiger partial charge is 0.386 e. The van der Waals surface area contributed by atoms with Crippen LogP contribution >= 0.6 is 0 Å². The van der Waals surface area contributed by atoms with Gasteiger partial charge in [-0.25, -0.2) is 0 Å². The van der Waals surface area contributed by atoms with Crippen molar-refractivity contribution < 1.29 is 14.6 Å². The molecule has 0 unspecified atom stereocenters. The predicted octanol–water partition coefficient (Wildman–Crippen LogP) is 3.05. The molecule has 0 rings (SSSR count). The third-order valence-electron chi connectivity index (χ3n) is 2.08. The van der Waals surface area contributed by atoms with Gasteiger partial charge >= 0.3 is 0 Å². The van der Waals surface area contributed by atoms with Crippen LogP contribution in [0.4, 0.5) is 0 Å². The van der Waals surface area contributed by atoms with E-state index in [1.165, 1.54) is 0 Å². The summed E-state index contributed by atoms with van der Waals surface area (Å²) in [5.74, 6) is 0. The van der Waals surface area contributed by atoms with Crippen molar-refractivity contribution in [1.82, 2.24) is 0 Å². The van der Waals surface area contributed by atoms with Crippen molar-refractivity contribution in [2.45, 2.75) is 52.9 Å². The zero-order valence-corrected chi connectivity index (χ0v) is 11.7. The second kappa shape index (κ2) is 8.45. The second-order valence-electron chi connectivity index (χ2n) is 4.57. The van der Waals surface area contributed by atoms with E-state index in [9.17, 15) is 5.11 Å². The van der Waals surface area contributed by atoms with Crippen LogP contribution in [0, 0.1) is 0 Å². The maximum absolute atomic E-state index is 9.52. The predicted molar refractivity (Wildman–Crippen MR) is 70.9 cm³/mol. The van der Waals surface area contributed by atoms with E-state index in [1.807, 2.05) is 32.9 Å². The van der Waals surface area contributed by atoms with Crippen LogP contribution in [-0.4, -0.2) is 30.2 Å². The highest BCUT2D eigenvalue weighted by molar-refractivity contribution is 5.13. The van der Waals surface area contributed by atoms with Crippen LogP contribution in [0.3, 0.4) is 0 Å². The molecule has 0 saturated carbocycles. The zero-order valence-electron chi connectivity index (χ0n) is 11.7. The van der Waals surface area contributed by atoms with Gasteiger partial charge in [0.05, 0.1) is 5.60 Å². The second-order valence-corrected chi connectivity index (χ2v) is 4.57. The Bertz CT molecular complexity index is 243. The molecule has 3 heteroatoms. The molecule has 0 saturated heterocycles. The van der Waals surface area contributed by atoms with E-state index in [-0.39, 0.29) is 6.29 Å². The van der Waals surface area contributed by atoms with Crippen LogP contribution in [0.2, 0.25) is 0 Å². The SMILES string of the molecule is CCOC(C/C(C)=C/C=C/C(C)(C)O)OCC. The number of hydrogen-bond donors (Lipinski definition) is 1. The fraction of sp³-hybridized carbons (Fsp3) is 0.714. The number of aliphatic hydroxyl groups is 1. The molecule has 0 amide bonds. The smallest absolute Gasteiger partial charge is 0.161 e. The van der Waals surface area contributed by atoms with Crippen LogP contribution in [0.5, 0.6) is 0 Å². The van der Waals surface area contributed by atoms with Gasteiger partial charge in [-0.05, 0) is 34.6 Å². The van der Waals surface area contributed by atoms with Gasteiger partial charge in [-0.15, -0.1) is 0 Å². The molecule has 0 spiro atoms. The Morgan fingerprint density at radius 3 is 2.18 bits per heavy atom. The van der Waals surface area contributed by atoms with E-state index in [4.69, 9.17) is 9.47 Å². The Kier molecular flexibility index (Phi) is 8.13. The molecular formula is C14H26O3. The maximum Gasteiger partial charge on any atom is 0.161 e. The zero-order chi connectivity index (χ0) is 13.3. The molecular weight excluding hydrogens is 216 g/mol. The number of hydrogen-bond acceptors (Lipinski definition) is 3. The summed E-state index contributed by atoms with van der Waals surface area (Å²) < 4.78 is 10.9. The first kappa shape index (κ1) is 16.4. The van der Waals surface area contributed by atoms with E-state index in [1.54, 1.807) is 19.9 Å². The van der Waals surface area contributed by atoms with Gasteiger partial charge in [0.15, 0.2) is 6.29 Å². The molecule has 1 N–H and O–H groups in total. The average molecular weight is 242 g/mol. The molecule has 17 heavy (non-hydrogen) atoms. The molecule has 0 aromatic heterocycles. The first-order valence-electron chi connectivity index (χ1n) is 6.19. The highest BCUT2D eigenvalue weighted by Gasteiger charge is 2.08. The van der Waals surface area contributed by atoms with Crippen LogP contribution in [0.15, 0.2) is 23.8 Å². The quantitative estimate of drug-likeness (QED) is 0.525. The van der Waals surface area contributed by atoms with Crippen LogP contribution in [0.25, 0.3) is 0 Å². The van der Waals surface area contributed by atoms with Crippen molar-refractivity contribution >= 4 is 0 Å². The molecule has 0 radical (unpaired) electrons. The standard InChI is InChI=1S/C14H26O3/c1-6-16-13(17-7-2)11-12(3)9-8-10-14(4,5)15/h8-10,13,15H,6-7,11H2,1-5H3/b10-8+,12-9+. The Labute approximate surface area is 105 Å². The molecule has 3 nitrogen and oxygen atoms in total. The summed E-state index contributed by atoms with van der Waals surface area (Å²) in [6.07, 6.45) is 6.18. The van der Waals surface area contributed by atoms with Crippen molar-refractivity contribution in [3.63, 3.8) is 0 Å². The Hall–Kier alpha value is -0.640. The minimum Gasteiger partial charge on any atom is -0.386 e. The van der Waals surface area contributed by atoms with E-state index in [0.29, 0.717) is 13.2 Å². The van der Waals surface area contributed by atoms with Crippen molar-refractivity contribution in [2.24, 2.45) is 0 Å². The van der Waals surface area contributed by atoms with Gasteiger partial charge in [0.2, 0.25) is 0 Å². The Morgan fingerprint density at radius 1 is 1.24 bits per heavy atom. The molecule has 0 aromatic carbocycles. The number of rotatable bonds is 8. The lowest BCUT2D eigenvalue weighted by molar-refractivity contribution is -0.134. The minimum absolute atomic E-state index is 0.170. The number of allylic oxidation sites excluding steroid dienone is 2. The summed E-state index contributed by atoms with van der Waals surface area (Å²) in [5.41, 5.74) is 0.396. The van der Waals surface area contributed by atoms with Crippen LogP contribution in [0.1, 0.15) is 41.0 Å². The third-order valence-corrected chi connectivity index (χ3v) is 2.08. The normalized spacial score (nSPS) is 13.9. The van der Waals surface area contributed by atoms with Gasteiger partial charge in [0, 0.05) is 19.6 Å². The van der Waals surface area contributed by atoms with Gasteiger partial charge in [0.25, 0.3) is 0 Å². The highest BCUT2D eigenvalue weighted by Crippen LogP contribution is 2.11. The highest BCUT2D eigenvalue weighted by atomic mass is 16.7. The minimum atomic E-state index is -0.768. The van der Waals surface area contributed by atoms with E-state index in [0.717, 1.165) is 12.0 Å². The van der Waals surface area contributed by atoms with Gasteiger partial charge in [-0.2, -0.15) is 0 Å². The summed E-state index contributed by atoms with van der Waals surface area (Å²) in [7, 11) is 0. The summed E-state index contributed by atoms with van der Waals surface area (Å²) in [6, 6.07) is 0. The molecule has 100 valence electrons. The van der Waals surface area contributed by atoms with Gasteiger partial charge < -0.3 is 14.6 Å². The Morgan fingerprint density at radius 2 is 1.76 bits per heavy atom. The van der Waals surface area contributed by atoms with Crippen LogP contribution in [-0.2, 0) is 9.47 Å². The lowest BCUT2D eigenvalue weighted by Gasteiger charge is -2.16. The van der Waals surface area contributed by atoms with Gasteiger partial charge in [-0.3, -0.25) is 0 Å². The lowest BCUT2D eigenvalue weighted by atomic mass is 10.1. The first-order chi connectivity index (χ1) is 7.89. The topological polar surface area (TPSA) is 38.7 Å². The fourth-order valence-corrected chi connectivity index (χ4v) is 1.32. The molecule has 0 aliphatic carbocycles. The fourth-order valence-electron chi connectivity index (χ4n) is 1.32. The summed E-state index contributed by atoms with van der Waals surface area (Å²) >= 11 is 0. The van der Waals surface area contributed by atoms with E-state index >= 15 is 0 Å². The molecule has 0 bridgehead atoms. The van der Waals surface area contributed by atoms with E-state index in [2.05, 4.69) is 0 Å². The lowest BCUT2D eigenvalue weighted by Crippen LogP contribution is -2.17. The number of ether oxygens (including phenoxy) is 2. The molecule has 0 fully saturated rings. The van der Waals surface area contributed by atoms with Crippen molar-refractivity contribution in [2.75, 3.05) is 13.2 Å². The van der Waals surface area contributed by atoms with Crippen molar-refractivity contribution in [3.05, 3.63) is 23.8 Å². The maximum atomic E-state index is 9.52. The van der Waals surface area contributed by atoms with Gasteiger partial charge in [0.1, 0.15) is 0 Å². The first-order valence-corrected chi connectivity index (χ1v) is 6.19. The van der Waals surface area contributed by atoms with Crippen molar-refractivity contribution in [1.29, 1.82) is 0 Å². The molecule has 0 atom stereocenters. The average Bonchev–Trinajstić information content (AvgIpc) is 2.16. The summed E-state index contributed by atoms with van der Waals surface area (Å²) in [6.45, 7) is 10.7.